The number of ether oxygens (including phenoxy) is 1. The summed E-state index contributed by atoms with van der Waals surface area (Å²) in [5.41, 5.74) is 0.879. The van der Waals surface area contributed by atoms with Crippen LogP contribution < -0.4 is 10.1 Å². The molecule has 102 valence electrons. The quantitative estimate of drug-likeness (QED) is 0.772. The second-order valence-corrected chi connectivity index (χ2v) is 5.22. The van der Waals surface area contributed by atoms with E-state index in [4.69, 9.17) is 16.3 Å². The third-order valence-electron chi connectivity index (χ3n) is 2.27. The zero-order valence-corrected chi connectivity index (χ0v) is 12.3. The van der Waals surface area contributed by atoms with Crippen LogP contribution in [-0.2, 0) is 0 Å². The molecule has 5 heteroatoms. The van der Waals surface area contributed by atoms with Gasteiger partial charge in [-0.25, -0.2) is 4.98 Å². The molecular formula is C13H22ClN3O. The predicted octanol–water partition coefficient (Wildman–Crippen LogP) is 3.39. The Kier molecular flexibility index (Phi) is 6.19. The van der Waals surface area contributed by atoms with Crippen LogP contribution in [0.1, 0.15) is 39.3 Å². The molecule has 1 aromatic heterocycles. The first kappa shape index (κ1) is 15.0. The average molecular weight is 272 g/mol. The summed E-state index contributed by atoms with van der Waals surface area (Å²) in [6, 6.07) is 1.83. The van der Waals surface area contributed by atoms with Crippen molar-refractivity contribution in [3.63, 3.8) is 0 Å². The number of anilines is 1. The van der Waals surface area contributed by atoms with Gasteiger partial charge in [-0.1, -0.05) is 13.3 Å². The van der Waals surface area contributed by atoms with E-state index < -0.39 is 0 Å². The number of hydrogen-bond acceptors (Lipinski definition) is 4. The summed E-state index contributed by atoms with van der Waals surface area (Å²) >= 11 is 6.15. The van der Waals surface area contributed by atoms with Crippen molar-refractivity contribution in [2.24, 2.45) is 0 Å². The molecule has 1 aromatic rings. The van der Waals surface area contributed by atoms with E-state index in [-0.39, 0.29) is 11.5 Å². The van der Waals surface area contributed by atoms with Crippen molar-refractivity contribution < 1.29 is 4.74 Å². The van der Waals surface area contributed by atoms with E-state index in [2.05, 4.69) is 22.2 Å². The first-order chi connectivity index (χ1) is 8.51. The zero-order chi connectivity index (χ0) is 13.5. The number of aromatic nitrogens is 2. The van der Waals surface area contributed by atoms with Gasteiger partial charge in [-0.05, 0) is 27.2 Å². The Bertz CT molecular complexity index is 371. The number of nitrogens with zero attached hydrogens (tertiary/aromatic N) is 2. The monoisotopic (exact) mass is 271 g/mol. The van der Waals surface area contributed by atoms with E-state index in [1.165, 1.54) is 0 Å². The highest BCUT2D eigenvalue weighted by Gasteiger charge is 2.07. The van der Waals surface area contributed by atoms with Gasteiger partial charge in [0.1, 0.15) is 0 Å². The van der Waals surface area contributed by atoms with Crippen LogP contribution >= 0.6 is 11.6 Å². The third-order valence-corrected chi connectivity index (χ3v) is 2.64. The van der Waals surface area contributed by atoms with Crippen LogP contribution in [0.2, 0.25) is 0 Å². The molecule has 0 amide bonds. The minimum atomic E-state index is 0.105. The summed E-state index contributed by atoms with van der Waals surface area (Å²) in [5.74, 6) is 1.18. The minimum Gasteiger partial charge on any atom is -0.475 e. The smallest absolute Gasteiger partial charge is 0.226 e. The molecule has 0 bridgehead atoms. The van der Waals surface area contributed by atoms with E-state index in [1.54, 1.807) is 0 Å². The Morgan fingerprint density at radius 2 is 2.11 bits per heavy atom. The Balaban J connectivity index is 2.62. The van der Waals surface area contributed by atoms with Gasteiger partial charge in [-0.2, -0.15) is 4.98 Å². The van der Waals surface area contributed by atoms with Crippen LogP contribution in [0.5, 0.6) is 5.88 Å². The van der Waals surface area contributed by atoms with Crippen molar-refractivity contribution in [1.29, 1.82) is 0 Å². The lowest BCUT2D eigenvalue weighted by molar-refractivity contribution is 0.232. The van der Waals surface area contributed by atoms with Gasteiger partial charge >= 0.3 is 0 Å². The van der Waals surface area contributed by atoms with Crippen LogP contribution in [-0.4, -0.2) is 28.0 Å². The van der Waals surface area contributed by atoms with Gasteiger partial charge in [0.2, 0.25) is 11.8 Å². The standard InChI is InChI=1S/C13H22ClN3O/c1-5-6-11(14)8-15-13-16-10(4)7-12(17-13)18-9(2)3/h7,9,11H,5-6,8H2,1-4H3,(H,15,16,17). The summed E-state index contributed by atoms with van der Waals surface area (Å²) in [5, 5.41) is 3.25. The molecular weight excluding hydrogens is 250 g/mol. The van der Waals surface area contributed by atoms with Gasteiger partial charge in [0.25, 0.3) is 0 Å². The van der Waals surface area contributed by atoms with Crippen LogP contribution in [0.4, 0.5) is 5.95 Å². The topological polar surface area (TPSA) is 47.0 Å². The molecule has 1 atom stereocenters. The molecule has 0 saturated carbocycles. The van der Waals surface area contributed by atoms with Crippen molar-refractivity contribution in [2.45, 2.75) is 52.0 Å². The van der Waals surface area contributed by atoms with Crippen LogP contribution in [0.3, 0.4) is 0 Å². The molecule has 1 rings (SSSR count). The van der Waals surface area contributed by atoms with Crippen LogP contribution in [0, 0.1) is 6.92 Å². The number of nitrogens with one attached hydrogen (secondary N) is 1. The van der Waals surface area contributed by atoms with Gasteiger partial charge < -0.3 is 10.1 Å². The molecule has 0 fully saturated rings. The Morgan fingerprint density at radius 1 is 1.39 bits per heavy atom. The van der Waals surface area contributed by atoms with Gasteiger partial charge in [0.15, 0.2) is 0 Å². The van der Waals surface area contributed by atoms with E-state index in [0.717, 1.165) is 18.5 Å². The molecule has 0 aliphatic heterocycles. The van der Waals surface area contributed by atoms with Crippen molar-refractivity contribution in [2.75, 3.05) is 11.9 Å². The highest BCUT2D eigenvalue weighted by molar-refractivity contribution is 6.20. The molecule has 0 saturated heterocycles. The fourth-order valence-electron chi connectivity index (χ4n) is 1.54. The summed E-state index contributed by atoms with van der Waals surface area (Å²) in [6.07, 6.45) is 2.16. The number of halogens is 1. The summed E-state index contributed by atoms with van der Waals surface area (Å²) in [7, 11) is 0. The lowest BCUT2D eigenvalue weighted by Gasteiger charge is -2.13. The molecule has 0 spiro atoms. The third kappa shape index (κ3) is 5.54. The van der Waals surface area contributed by atoms with Gasteiger partial charge in [0, 0.05) is 18.3 Å². The molecule has 0 radical (unpaired) electrons. The maximum absolute atomic E-state index is 6.15. The molecule has 0 aliphatic carbocycles. The van der Waals surface area contributed by atoms with E-state index in [0.29, 0.717) is 18.4 Å². The number of alkyl halides is 1. The number of rotatable bonds is 7. The molecule has 18 heavy (non-hydrogen) atoms. The van der Waals surface area contributed by atoms with Crippen LogP contribution in [0.25, 0.3) is 0 Å². The van der Waals surface area contributed by atoms with Gasteiger partial charge in [-0.15, -0.1) is 11.6 Å². The maximum Gasteiger partial charge on any atom is 0.226 e. The second-order valence-electron chi connectivity index (χ2n) is 4.60. The fraction of sp³-hybridized carbons (Fsp3) is 0.692. The largest absolute Gasteiger partial charge is 0.475 e. The SMILES string of the molecule is CCCC(Cl)CNc1nc(C)cc(OC(C)C)n1. The van der Waals surface area contributed by atoms with Crippen LogP contribution in [0.15, 0.2) is 6.07 Å². The average Bonchev–Trinajstić information content (AvgIpc) is 2.25. The van der Waals surface area contributed by atoms with Gasteiger partial charge in [0.05, 0.1) is 11.5 Å². The summed E-state index contributed by atoms with van der Waals surface area (Å²) < 4.78 is 5.57. The molecule has 1 heterocycles. The molecule has 0 aliphatic rings. The first-order valence-corrected chi connectivity index (χ1v) is 6.85. The molecule has 0 aromatic carbocycles. The van der Waals surface area contributed by atoms with E-state index >= 15 is 0 Å². The summed E-state index contributed by atoms with van der Waals surface area (Å²) in [4.78, 5) is 8.62. The van der Waals surface area contributed by atoms with E-state index in [9.17, 15) is 0 Å². The first-order valence-electron chi connectivity index (χ1n) is 6.41. The van der Waals surface area contributed by atoms with Gasteiger partial charge in [-0.3, -0.25) is 0 Å². The Morgan fingerprint density at radius 3 is 2.72 bits per heavy atom. The molecule has 1 N–H and O–H groups in total. The van der Waals surface area contributed by atoms with E-state index in [1.807, 2.05) is 26.8 Å². The van der Waals surface area contributed by atoms with Crippen molar-refractivity contribution >= 4 is 17.5 Å². The lowest BCUT2D eigenvalue weighted by Crippen LogP contribution is -2.16. The number of aryl methyl sites for hydroxylation is 1. The predicted molar refractivity (Wildman–Crippen MR) is 75.6 cm³/mol. The fourth-order valence-corrected chi connectivity index (χ4v) is 1.83. The Labute approximate surface area is 114 Å². The minimum absolute atomic E-state index is 0.105. The lowest BCUT2D eigenvalue weighted by atomic mass is 10.2. The van der Waals surface area contributed by atoms with Crippen molar-refractivity contribution in [3.8, 4) is 5.88 Å². The zero-order valence-electron chi connectivity index (χ0n) is 11.5. The highest BCUT2D eigenvalue weighted by atomic mass is 35.5. The maximum atomic E-state index is 6.15. The van der Waals surface area contributed by atoms with Crippen molar-refractivity contribution in [3.05, 3.63) is 11.8 Å². The second kappa shape index (κ2) is 7.41. The highest BCUT2D eigenvalue weighted by Crippen LogP contribution is 2.14. The molecule has 1 unspecified atom stereocenters. The van der Waals surface area contributed by atoms with Crippen molar-refractivity contribution in [1.82, 2.24) is 9.97 Å². The normalized spacial score (nSPS) is 12.6. The number of hydrogen-bond donors (Lipinski definition) is 1. The summed E-state index contributed by atoms with van der Waals surface area (Å²) in [6.45, 7) is 8.65. The Hall–Kier alpha value is -1.03. The molecule has 4 nitrogen and oxygen atoms in total.